The van der Waals surface area contributed by atoms with Crippen LogP contribution in [0.15, 0.2) is 60.8 Å². The lowest BCUT2D eigenvalue weighted by atomic mass is 10.0. The van der Waals surface area contributed by atoms with E-state index in [0.29, 0.717) is 12.8 Å². The summed E-state index contributed by atoms with van der Waals surface area (Å²) in [6.45, 7) is 6.50. The molecule has 0 rings (SSSR count). The molecule has 0 aromatic heterocycles. The third-order valence-electron chi connectivity index (χ3n) is 14.3. The van der Waals surface area contributed by atoms with E-state index in [0.717, 1.165) is 70.6 Å². The third-order valence-corrected chi connectivity index (χ3v) is 14.3. The number of carbonyl (C=O) groups excluding carboxylic acids is 3. The summed E-state index contributed by atoms with van der Waals surface area (Å²) < 4.78 is 16.8. The second kappa shape index (κ2) is 62.6. The zero-order valence-electron chi connectivity index (χ0n) is 49.4. The van der Waals surface area contributed by atoms with Crippen molar-refractivity contribution in [3.05, 3.63) is 60.8 Å². The molecule has 0 fully saturated rings. The molecule has 0 bridgehead atoms. The van der Waals surface area contributed by atoms with Gasteiger partial charge in [0.1, 0.15) is 13.2 Å². The second-order valence-electron chi connectivity index (χ2n) is 21.7. The Labute approximate surface area is 460 Å². The topological polar surface area (TPSA) is 78.9 Å². The zero-order chi connectivity index (χ0) is 53.6. The minimum Gasteiger partial charge on any atom is -0.462 e. The molecule has 6 nitrogen and oxygen atoms in total. The Morgan fingerprint density at radius 3 is 0.824 bits per heavy atom. The molecule has 0 saturated carbocycles. The van der Waals surface area contributed by atoms with E-state index in [9.17, 15) is 14.4 Å². The maximum absolute atomic E-state index is 12.9. The largest absolute Gasteiger partial charge is 0.462 e. The van der Waals surface area contributed by atoms with Crippen molar-refractivity contribution in [1.82, 2.24) is 0 Å². The van der Waals surface area contributed by atoms with Crippen molar-refractivity contribution in [1.29, 1.82) is 0 Å². The highest BCUT2D eigenvalue weighted by Gasteiger charge is 2.19. The number of allylic oxidation sites excluding steroid dienone is 9. The average molecular weight is 1040 g/mol. The summed E-state index contributed by atoms with van der Waals surface area (Å²) in [4.78, 5) is 38.2. The summed E-state index contributed by atoms with van der Waals surface area (Å²) in [5, 5.41) is 0. The van der Waals surface area contributed by atoms with Crippen molar-refractivity contribution in [2.45, 2.75) is 341 Å². The standard InChI is InChI=1S/C68H122O6/c1-4-7-10-13-16-19-22-25-28-30-32-33-34-35-36-38-40-43-46-49-52-55-58-61-67(70)73-64-65(63-72-66(69)60-57-54-51-48-45-42-39-27-24-21-18-15-12-9-6-3)74-68(71)62-59-56-53-50-47-44-41-37-31-29-26-23-20-17-14-11-8-5-2/h9,12,18,21,27,39,45,48,54,57,65H,4-8,10-11,13-17,19-20,22-26,28-38,40-44,46-47,49-53,55-56,58-64H2,1-3H3/b12-9-,21-18-,39-27-,48-45-,57-54-. The van der Waals surface area contributed by atoms with Crippen LogP contribution in [-0.4, -0.2) is 37.2 Å². The lowest BCUT2D eigenvalue weighted by molar-refractivity contribution is -0.166. The molecular weight excluding hydrogens is 913 g/mol. The van der Waals surface area contributed by atoms with Crippen LogP contribution in [-0.2, 0) is 28.6 Å². The molecule has 0 aliphatic heterocycles. The Morgan fingerprint density at radius 1 is 0.284 bits per heavy atom. The summed E-state index contributed by atoms with van der Waals surface area (Å²) in [5.74, 6) is -1.01. The summed E-state index contributed by atoms with van der Waals surface area (Å²) in [6.07, 6.45) is 79.8. The van der Waals surface area contributed by atoms with Gasteiger partial charge in [-0.25, -0.2) is 0 Å². The minimum absolute atomic E-state index is 0.0992. The fourth-order valence-electron chi connectivity index (χ4n) is 9.52. The number of esters is 3. The highest BCUT2D eigenvalue weighted by atomic mass is 16.6. The summed E-state index contributed by atoms with van der Waals surface area (Å²) >= 11 is 0. The van der Waals surface area contributed by atoms with Crippen molar-refractivity contribution in [3.8, 4) is 0 Å². The van der Waals surface area contributed by atoms with E-state index in [4.69, 9.17) is 14.2 Å². The summed E-state index contributed by atoms with van der Waals surface area (Å²) in [6, 6.07) is 0. The van der Waals surface area contributed by atoms with E-state index in [2.05, 4.69) is 69.4 Å². The molecule has 6 heteroatoms. The lowest BCUT2D eigenvalue weighted by Gasteiger charge is -2.18. The van der Waals surface area contributed by atoms with Gasteiger partial charge in [-0.2, -0.15) is 0 Å². The first-order valence-corrected chi connectivity index (χ1v) is 32.3. The fraction of sp³-hybridized carbons (Fsp3) is 0.809. The van der Waals surface area contributed by atoms with E-state index in [1.807, 2.05) is 12.2 Å². The molecule has 74 heavy (non-hydrogen) atoms. The second-order valence-corrected chi connectivity index (χ2v) is 21.7. The maximum atomic E-state index is 12.9. The molecule has 0 aromatic carbocycles. The number of unbranched alkanes of at least 4 members (excludes halogenated alkanes) is 39. The van der Waals surface area contributed by atoms with Crippen LogP contribution in [0.1, 0.15) is 335 Å². The van der Waals surface area contributed by atoms with Crippen molar-refractivity contribution < 1.29 is 28.6 Å². The molecule has 0 aliphatic rings. The summed E-state index contributed by atoms with van der Waals surface area (Å²) in [7, 11) is 0. The van der Waals surface area contributed by atoms with Crippen LogP contribution in [0.3, 0.4) is 0 Å². The smallest absolute Gasteiger partial charge is 0.309 e. The maximum Gasteiger partial charge on any atom is 0.309 e. The normalized spacial score (nSPS) is 12.4. The molecule has 0 radical (unpaired) electrons. The summed E-state index contributed by atoms with van der Waals surface area (Å²) in [5.41, 5.74) is 0. The number of rotatable bonds is 59. The first-order valence-electron chi connectivity index (χ1n) is 32.3. The number of carbonyl (C=O) groups is 3. The first kappa shape index (κ1) is 71.1. The van der Waals surface area contributed by atoms with Gasteiger partial charge in [0, 0.05) is 12.8 Å². The Morgan fingerprint density at radius 2 is 0.527 bits per heavy atom. The highest BCUT2D eigenvalue weighted by molar-refractivity contribution is 5.72. The van der Waals surface area contributed by atoms with E-state index < -0.39 is 12.1 Å². The van der Waals surface area contributed by atoms with Crippen LogP contribution < -0.4 is 0 Å². The molecule has 430 valence electrons. The molecule has 0 saturated heterocycles. The van der Waals surface area contributed by atoms with Crippen LogP contribution >= 0.6 is 0 Å². The first-order chi connectivity index (χ1) is 36.5. The lowest BCUT2D eigenvalue weighted by Crippen LogP contribution is -2.30. The Kier molecular flexibility index (Phi) is 60.2. The van der Waals surface area contributed by atoms with Crippen LogP contribution in [0.5, 0.6) is 0 Å². The van der Waals surface area contributed by atoms with Crippen LogP contribution in [0.25, 0.3) is 0 Å². The molecule has 0 aromatic rings. The Bertz CT molecular complexity index is 1330. The minimum atomic E-state index is -0.811. The number of hydrogen-bond acceptors (Lipinski definition) is 6. The molecule has 1 atom stereocenters. The van der Waals surface area contributed by atoms with Gasteiger partial charge in [0.05, 0.1) is 6.42 Å². The Balaban J connectivity index is 4.35. The van der Waals surface area contributed by atoms with Crippen molar-refractivity contribution in [2.75, 3.05) is 13.2 Å². The third kappa shape index (κ3) is 60.0. The van der Waals surface area contributed by atoms with Crippen molar-refractivity contribution in [2.24, 2.45) is 0 Å². The molecule has 0 amide bonds. The van der Waals surface area contributed by atoms with Crippen LogP contribution in [0.4, 0.5) is 0 Å². The molecule has 0 spiro atoms. The number of ether oxygens (including phenoxy) is 3. The van der Waals surface area contributed by atoms with Gasteiger partial charge >= 0.3 is 17.9 Å². The molecule has 0 aliphatic carbocycles. The van der Waals surface area contributed by atoms with Gasteiger partial charge < -0.3 is 14.2 Å². The predicted octanol–water partition coefficient (Wildman–Crippen LogP) is 21.9. The molecule has 0 N–H and O–H groups in total. The van der Waals surface area contributed by atoms with Crippen LogP contribution in [0, 0.1) is 0 Å². The van der Waals surface area contributed by atoms with E-state index in [1.54, 1.807) is 0 Å². The van der Waals surface area contributed by atoms with Gasteiger partial charge in [-0.05, 0) is 44.9 Å². The zero-order valence-corrected chi connectivity index (χ0v) is 49.4. The van der Waals surface area contributed by atoms with Crippen molar-refractivity contribution in [3.63, 3.8) is 0 Å². The number of hydrogen-bond donors (Lipinski definition) is 0. The monoisotopic (exact) mass is 1030 g/mol. The van der Waals surface area contributed by atoms with E-state index in [-0.39, 0.29) is 31.6 Å². The van der Waals surface area contributed by atoms with Gasteiger partial charge in [-0.3, -0.25) is 14.4 Å². The van der Waals surface area contributed by atoms with Gasteiger partial charge in [-0.1, -0.05) is 332 Å². The van der Waals surface area contributed by atoms with Crippen molar-refractivity contribution >= 4 is 17.9 Å². The fourth-order valence-corrected chi connectivity index (χ4v) is 9.52. The average Bonchev–Trinajstić information content (AvgIpc) is 3.40. The predicted molar refractivity (Wildman–Crippen MR) is 321 cm³/mol. The quantitative estimate of drug-likeness (QED) is 0.0261. The van der Waals surface area contributed by atoms with E-state index >= 15 is 0 Å². The Hall–Kier alpha value is -2.89. The SMILES string of the molecule is CC/C=C\C/C=C\C/C=C\C/C=C\C/C=C\CC(=O)OCC(COC(=O)CCCCCCCCCCCCCCCCCCCCCCCCC)OC(=O)CCCCCCCCCCCCCCCCCCCC. The van der Waals surface area contributed by atoms with Gasteiger partial charge in [0.2, 0.25) is 0 Å². The molecule has 1 unspecified atom stereocenters. The molecular formula is C68H122O6. The van der Waals surface area contributed by atoms with E-state index in [1.165, 1.54) is 225 Å². The highest BCUT2D eigenvalue weighted by Crippen LogP contribution is 2.18. The molecule has 0 heterocycles. The van der Waals surface area contributed by atoms with Gasteiger partial charge in [0.25, 0.3) is 0 Å². The van der Waals surface area contributed by atoms with Crippen LogP contribution in [0.2, 0.25) is 0 Å². The van der Waals surface area contributed by atoms with Gasteiger partial charge in [-0.15, -0.1) is 0 Å². The van der Waals surface area contributed by atoms with Gasteiger partial charge in [0.15, 0.2) is 6.10 Å².